The SMILES string of the molecule is CC(C)(C)OC1CCN(c2cc(Br)ccc2[N+](=O)[O-])CC1. The van der Waals surface area contributed by atoms with Crippen LogP contribution in [0.4, 0.5) is 11.4 Å². The zero-order chi connectivity index (χ0) is 15.6. The highest BCUT2D eigenvalue weighted by atomic mass is 79.9. The van der Waals surface area contributed by atoms with Crippen molar-refractivity contribution in [3.05, 3.63) is 32.8 Å². The Balaban J connectivity index is 2.09. The van der Waals surface area contributed by atoms with Crippen LogP contribution >= 0.6 is 15.9 Å². The van der Waals surface area contributed by atoms with Gasteiger partial charge in [-0.25, -0.2) is 0 Å². The van der Waals surface area contributed by atoms with Gasteiger partial charge >= 0.3 is 0 Å². The Morgan fingerprint density at radius 2 is 1.95 bits per heavy atom. The lowest BCUT2D eigenvalue weighted by Gasteiger charge is -2.36. The molecule has 0 spiro atoms. The largest absolute Gasteiger partial charge is 0.372 e. The van der Waals surface area contributed by atoms with Crippen molar-refractivity contribution in [3.8, 4) is 0 Å². The van der Waals surface area contributed by atoms with Crippen molar-refractivity contribution in [3.63, 3.8) is 0 Å². The molecule has 0 N–H and O–H groups in total. The van der Waals surface area contributed by atoms with Crippen LogP contribution in [-0.4, -0.2) is 29.7 Å². The van der Waals surface area contributed by atoms with E-state index in [1.807, 2.05) is 6.07 Å². The molecule has 1 aliphatic heterocycles. The smallest absolute Gasteiger partial charge is 0.292 e. The molecule has 5 nitrogen and oxygen atoms in total. The van der Waals surface area contributed by atoms with Crippen molar-refractivity contribution in [2.24, 2.45) is 0 Å². The fraction of sp³-hybridized carbons (Fsp3) is 0.600. The number of halogens is 1. The van der Waals surface area contributed by atoms with E-state index < -0.39 is 0 Å². The summed E-state index contributed by atoms with van der Waals surface area (Å²) in [6.45, 7) is 7.71. The molecule has 1 aromatic carbocycles. The molecular formula is C15H21BrN2O3. The molecule has 0 aromatic heterocycles. The van der Waals surface area contributed by atoms with E-state index in [1.165, 1.54) is 0 Å². The maximum absolute atomic E-state index is 11.2. The number of nitro groups is 1. The standard InChI is InChI=1S/C15H21BrN2O3/c1-15(2,3)21-12-6-8-17(9-7-12)14-10-11(16)4-5-13(14)18(19)20/h4-5,10,12H,6-9H2,1-3H3. The van der Waals surface area contributed by atoms with E-state index in [9.17, 15) is 10.1 Å². The molecule has 0 unspecified atom stereocenters. The van der Waals surface area contributed by atoms with Gasteiger partial charge in [0.15, 0.2) is 0 Å². The van der Waals surface area contributed by atoms with Crippen LogP contribution in [0.3, 0.4) is 0 Å². The van der Waals surface area contributed by atoms with E-state index in [-0.39, 0.29) is 22.3 Å². The van der Waals surface area contributed by atoms with Gasteiger partial charge in [-0.15, -0.1) is 0 Å². The van der Waals surface area contributed by atoms with Gasteiger partial charge in [0.25, 0.3) is 5.69 Å². The van der Waals surface area contributed by atoms with Gasteiger partial charge in [-0.3, -0.25) is 10.1 Å². The van der Waals surface area contributed by atoms with Crippen LogP contribution in [0, 0.1) is 10.1 Å². The van der Waals surface area contributed by atoms with E-state index in [2.05, 4.69) is 41.6 Å². The Morgan fingerprint density at radius 3 is 2.48 bits per heavy atom. The zero-order valence-electron chi connectivity index (χ0n) is 12.6. The minimum atomic E-state index is -0.320. The van der Waals surface area contributed by atoms with Gasteiger partial charge in [0.1, 0.15) is 5.69 Å². The quantitative estimate of drug-likeness (QED) is 0.603. The van der Waals surface area contributed by atoms with Crippen molar-refractivity contribution in [1.29, 1.82) is 0 Å². The van der Waals surface area contributed by atoms with Gasteiger partial charge in [-0.2, -0.15) is 0 Å². The number of rotatable bonds is 3. The number of ether oxygens (including phenoxy) is 1. The summed E-state index contributed by atoms with van der Waals surface area (Å²) in [5.41, 5.74) is 0.700. The number of nitrogens with zero attached hydrogens (tertiary/aromatic N) is 2. The maximum atomic E-state index is 11.2. The highest BCUT2D eigenvalue weighted by Crippen LogP contribution is 2.33. The molecular weight excluding hydrogens is 336 g/mol. The number of benzene rings is 1. The number of anilines is 1. The number of hydrogen-bond donors (Lipinski definition) is 0. The third kappa shape index (κ3) is 4.41. The van der Waals surface area contributed by atoms with Gasteiger partial charge in [0.05, 0.1) is 16.6 Å². The van der Waals surface area contributed by atoms with Crippen LogP contribution in [0.15, 0.2) is 22.7 Å². The van der Waals surface area contributed by atoms with Crippen LogP contribution in [0.2, 0.25) is 0 Å². The van der Waals surface area contributed by atoms with Gasteiger partial charge in [-0.05, 0) is 45.7 Å². The molecule has 21 heavy (non-hydrogen) atoms. The van der Waals surface area contributed by atoms with Crippen LogP contribution in [-0.2, 0) is 4.74 Å². The summed E-state index contributed by atoms with van der Waals surface area (Å²) >= 11 is 3.39. The lowest BCUT2D eigenvalue weighted by atomic mass is 10.0. The van der Waals surface area contributed by atoms with E-state index in [0.29, 0.717) is 5.69 Å². The van der Waals surface area contributed by atoms with Crippen molar-refractivity contribution in [2.45, 2.75) is 45.3 Å². The Morgan fingerprint density at radius 1 is 1.33 bits per heavy atom. The van der Waals surface area contributed by atoms with Crippen molar-refractivity contribution in [1.82, 2.24) is 0 Å². The van der Waals surface area contributed by atoms with Gasteiger partial charge in [0, 0.05) is 23.6 Å². The molecule has 2 rings (SSSR count). The molecule has 0 bridgehead atoms. The second-order valence-corrected chi connectivity index (χ2v) is 7.22. The third-order valence-electron chi connectivity index (χ3n) is 3.44. The topological polar surface area (TPSA) is 55.6 Å². The Kier molecular flexibility index (Phi) is 4.88. The molecule has 0 atom stereocenters. The van der Waals surface area contributed by atoms with Crippen molar-refractivity contribution >= 4 is 27.3 Å². The summed E-state index contributed by atoms with van der Waals surface area (Å²) in [5, 5.41) is 11.2. The lowest BCUT2D eigenvalue weighted by Crippen LogP contribution is -2.40. The van der Waals surface area contributed by atoms with Gasteiger partial charge in [0.2, 0.25) is 0 Å². The first-order chi connectivity index (χ1) is 9.76. The highest BCUT2D eigenvalue weighted by Gasteiger charge is 2.27. The van der Waals surface area contributed by atoms with E-state index in [0.717, 1.165) is 30.4 Å². The van der Waals surface area contributed by atoms with Crippen LogP contribution in [0.5, 0.6) is 0 Å². The molecule has 0 saturated carbocycles. The first-order valence-electron chi connectivity index (χ1n) is 7.13. The molecule has 1 heterocycles. The van der Waals surface area contributed by atoms with Crippen LogP contribution in [0.25, 0.3) is 0 Å². The molecule has 0 radical (unpaired) electrons. The molecule has 116 valence electrons. The average molecular weight is 357 g/mol. The van der Waals surface area contributed by atoms with E-state index >= 15 is 0 Å². The number of piperidine rings is 1. The highest BCUT2D eigenvalue weighted by molar-refractivity contribution is 9.10. The Hall–Kier alpha value is -1.14. The summed E-state index contributed by atoms with van der Waals surface area (Å²) in [4.78, 5) is 12.9. The lowest BCUT2D eigenvalue weighted by molar-refractivity contribution is -0.384. The molecule has 1 aromatic rings. The number of hydrogen-bond acceptors (Lipinski definition) is 4. The Labute approximate surface area is 133 Å². The van der Waals surface area contributed by atoms with E-state index in [1.54, 1.807) is 12.1 Å². The van der Waals surface area contributed by atoms with Crippen molar-refractivity contribution < 1.29 is 9.66 Å². The second-order valence-electron chi connectivity index (χ2n) is 6.31. The summed E-state index contributed by atoms with van der Waals surface area (Å²) in [6, 6.07) is 5.08. The fourth-order valence-corrected chi connectivity index (χ4v) is 2.97. The molecule has 1 saturated heterocycles. The molecule has 0 aliphatic carbocycles. The monoisotopic (exact) mass is 356 g/mol. The van der Waals surface area contributed by atoms with E-state index in [4.69, 9.17) is 4.74 Å². The molecule has 6 heteroatoms. The normalized spacial score (nSPS) is 17.0. The predicted octanol–water partition coefficient (Wildman–Crippen LogP) is 4.14. The molecule has 1 fully saturated rings. The summed E-state index contributed by atoms with van der Waals surface area (Å²) in [6.07, 6.45) is 2.01. The summed E-state index contributed by atoms with van der Waals surface area (Å²) in [7, 11) is 0. The predicted molar refractivity (Wildman–Crippen MR) is 86.9 cm³/mol. The fourth-order valence-electron chi connectivity index (χ4n) is 2.62. The minimum Gasteiger partial charge on any atom is -0.372 e. The second kappa shape index (κ2) is 6.32. The maximum Gasteiger partial charge on any atom is 0.292 e. The zero-order valence-corrected chi connectivity index (χ0v) is 14.2. The molecule has 1 aliphatic rings. The number of nitro benzene ring substituents is 1. The summed E-state index contributed by atoms with van der Waals surface area (Å²) < 4.78 is 6.85. The molecule has 0 amide bonds. The first kappa shape index (κ1) is 16.2. The first-order valence-corrected chi connectivity index (χ1v) is 7.92. The van der Waals surface area contributed by atoms with Crippen molar-refractivity contribution in [2.75, 3.05) is 18.0 Å². The summed E-state index contributed by atoms with van der Waals surface area (Å²) in [5.74, 6) is 0. The van der Waals surface area contributed by atoms with Gasteiger partial charge < -0.3 is 9.64 Å². The Bertz CT molecular complexity index is 520. The minimum absolute atomic E-state index is 0.144. The van der Waals surface area contributed by atoms with Crippen LogP contribution < -0.4 is 4.90 Å². The average Bonchev–Trinajstić information content (AvgIpc) is 2.37. The van der Waals surface area contributed by atoms with Crippen LogP contribution in [0.1, 0.15) is 33.6 Å². The third-order valence-corrected chi connectivity index (χ3v) is 3.93. The van der Waals surface area contributed by atoms with Gasteiger partial charge in [-0.1, -0.05) is 15.9 Å².